The summed E-state index contributed by atoms with van der Waals surface area (Å²) < 4.78 is 13.5. The van der Waals surface area contributed by atoms with Crippen LogP contribution in [0.5, 0.6) is 0 Å². The molecule has 0 radical (unpaired) electrons. The summed E-state index contributed by atoms with van der Waals surface area (Å²) in [6.45, 7) is 0.781. The van der Waals surface area contributed by atoms with Crippen LogP contribution >= 0.6 is 0 Å². The lowest BCUT2D eigenvalue weighted by atomic mass is 10.2. The number of fused-ring (bicyclic) bond motifs is 1. The van der Waals surface area contributed by atoms with Crippen LogP contribution in [0, 0.1) is 5.95 Å². The highest BCUT2D eigenvalue weighted by Crippen LogP contribution is 2.33. The van der Waals surface area contributed by atoms with Crippen LogP contribution < -0.4 is 15.5 Å². The maximum atomic E-state index is 13.5. The topological polar surface area (TPSA) is 95.9 Å². The van der Waals surface area contributed by atoms with Gasteiger partial charge in [-0.25, -0.2) is 19.9 Å². The molecule has 4 heterocycles. The molecule has 1 atom stereocenters. The fourth-order valence-corrected chi connectivity index (χ4v) is 4.07. The smallest absolute Gasteiger partial charge is 0.251 e. The van der Waals surface area contributed by atoms with Gasteiger partial charge in [-0.3, -0.25) is 4.79 Å². The molecule has 1 fully saturated rings. The van der Waals surface area contributed by atoms with E-state index >= 15 is 0 Å². The van der Waals surface area contributed by atoms with Gasteiger partial charge in [0.05, 0.1) is 23.6 Å². The van der Waals surface area contributed by atoms with E-state index in [1.165, 1.54) is 23.2 Å². The predicted octanol–water partition coefficient (Wildman–Crippen LogP) is 3.05. The molecule has 0 spiro atoms. The van der Waals surface area contributed by atoms with Crippen molar-refractivity contribution in [3.8, 4) is 0 Å². The molecule has 0 saturated carbocycles. The van der Waals surface area contributed by atoms with Crippen molar-refractivity contribution in [3.63, 3.8) is 0 Å². The van der Waals surface area contributed by atoms with Crippen LogP contribution in [0.1, 0.15) is 30.5 Å². The number of rotatable bonds is 5. The standard InChI is InChI=1S/C22H22FN7O/c23-18-10-9-14(13-26-18)30(21(31)17-7-4-12-24-17)22-27-16-6-3-5-15(16)20(29-22)28-19-8-1-2-11-25-19/h1-2,8-11,13,17,24H,3-7,12H2,(H,25,27,28,29)/t17-/m1/s1. The monoisotopic (exact) mass is 419 g/mol. The summed E-state index contributed by atoms with van der Waals surface area (Å²) in [6, 6.07) is 8.02. The molecular formula is C22H22FN7O. The number of aryl methyl sites for hydroxylation is 1. The number of halogens is 1. The number of aromatic nitrogens is 4. The van der Waals surface area contributed by atoms with Crippen LogP contribution in [0.3, 0.4) is 0 Å². The molecule has 1 aliphatic heterocycles. The van der Waals surface area contributed by atoms with Gasteiger partial charge >= 0.3 is 0 Å². The van der Waals surface area contributed by atoms with Gasteiger partial charge in [-0.1, -0.05) is 6.07 Å². The minimum atomic E-state index is -0.609. The van der Waals surface area contributed by atoms with Crippen LogP contribution in [-0.4, -0.2) is 38.4 Å². The van der Waals surface area contributed by atoms with Crippen LogP contribution in [0.4, 0.5) is 27.7 Å². The summed E-state index contributed by atoms with van der Waals surface area (Å²) in [7, 11) is 0. The molecule has 1 saturated heterocycles. The Morgan fingerprint density at radius 2 is 2.06 bits per heavy atom. The van der Waals surface area contributed by atoms with Gasteiger partial charge in [0.2, 0.25) is 11.9 Å². The lowest BCUT2D eigenvalue weighted by Gasteiger charge is -2.25. The fraction of sp³-hybridized carbons (Fsp3) is 0.318. The quantitative estimate of drug-likeness (QED) is 0.614. The molecule has 0 bridgehead atoms. The lowest BCUT2D eigenvalue weighted by molar-refractivity contribution is -0.119. The van der Waals surface area contributed by atoms with E-state index in [0.717, 1.165) is 49.9 Å². The van der Waals surface area contributed by atoms with E-state index in [1.54, 1.807) is 6.20 Å². The van der Waals surface area contributed by atoms with Crippen LogP contribution in [0.2, 0.25) is 0 Å². The summed E-state index contributed by atoms with van der Waals surface area (Å²) in [5, 5.41) is 6.50. The summed E-state index contributed by atoms with van der Waals surface area (Å²) in [5.74, 6) is 0.782. The Morgan fingerprint density at radius 3 is 2.81 bits per heavy atom. The Bertz CT molecular complexity index is 1090. The third kappa shape index (κ3) is 3.96. The highest BCUT2D eigenvalue weighted by Gasteiger charge is 2.32. The molecule has 1 amide bonds. The molecule has 0 unspecified atom stereocenters. The Kier molecular flexibility index (Phi) is 5.25. The van der Waals surface area contributed by atoms with Crippen molar-refractivity contribution >= 4 is 29.2 Å². The largest absolute Gasteiger partial charge is 0.325 e. The molecule has 3 aromatic heterocycles. The molecule has 2 N–H and O–H groups in total. The minimum Gasteiger partial charge on any atom is -0.325 e. The van der Waals surface area contributed by atoms with Gasteiger partial charge in [-0.15, -0.1) is 0 Å². The average Bonchev–Trinajstić information content (AvgIpc) is 3.48. The Balaban J connectivity index is 1.59. The number of amides is 1. The van der Waals surface area contributed by atoms with Crippen LogP contribution in [-0.2, 0) is 17.6 Å². The van der Waals surface area contributed by atoms with E-state index in [1.807, 2.05) is 18.2 Å². The van der Waals surface area contributed by atoms with Crippen molar-refractivity contribution in [2.45, 2.75) is 38.1 Å². The molecule has 9 heteroatoms. The van der Waals surface area contributed by atoms with Crippen LogP contribution in [0.25, 0.3) is 0 Å². The van der Waals surface area contributed by atoms with Crippen molar-refractivity contribution < 1.29 is 9.18 Å². The van der Waals surface area contributed by atoms with E-state index < -0.39 is 5.95 Å². The van der Waals surface area contributed by atoms with Gasteiger partial charge in [0.15, 0.2) is 0 Å². The molecular weight excluding hydrogens is 397 g/mol. The highest BCUT2D eigenvalue weighted by molar-refractivity contribution is 6.02. The zero-order valence-electron chi connectivity index (χ0n) is 16.9. The molecule has 1 aliphatic carbocycles. The summed E-state index contributed by atoms with van der Waals surface area (Å²) in [5.41, 5.74) is 2.38. The Morgan fingerprint density at radius 1 is 1.13 bits per heavy atom. The van der Waals surface area contributed by atoms with Crippen molar-refractivity contribution in [1.29, 1.82) is 0 Å². The van der Waals surface area contributed by atoms with Gasteiger partial charge in [0.1, 0.15) is 11.6 Å². The number of anilines is 4. The van der Waals surface area contributed by atoms with Crippen molar-refractivity contribution in [2.24, 2.45) is 0 Å². The first-order valence-electron chi connectivity index (χ1n) is 10.5. The fourth-order valence-electron chi connectivity index (χ4n) is 4.07. The van der Waals surface area contributed by atoms with Gasteiger partial charge in [-0.05, 0) is 62.9 Å². The van der Waals surface area contributed by atoms with Crippen molar-refractivity contribution in [1.82, 2.24) is 25.3 Å². The first kappa shape index (κ1) is 19.5. The molecule has 5 rings (SSSR count). The van der Waals surface area contributed by atoms with Crippen molar-refractivity contribution in [3.05, 3.63) is 59.9 Å². The van der Waals surface area contributed by atoms with E-state index in [4.69, 9.17) is 9.97 Å². The molecule has 2 aliphatic rings. The molecule has 8 nitrogen and oxygen atoms in total. The zero-order valence-corrected chi connectivity index (χ0v) is 16.9. The van der Waals surface area contributed by atoms with Gasteiger partial charge < -0.3 is 10.6 Å². The number of carbonyl (C=O) groups is 1. The van der Waals surface area contributed by atoms with Gasteiger partial charge in [0.25, 0.3) is 5.91 Å². The summed E-state index contributed by atoms with van der Waals surface area (Å²) in [4.78, 5) is 32.4. The third-order valence-electron chi connectivity index (χ3n) is 5.58. The minimum absolute atomic E-state index is 0.173. The number of carbonyl (C=O) groups excluding carboxylic acids is 1. The average molecular weight is 419 g/mol. The van der Waals surface area contributed by atoms with Gasteiger partial charge in [-0.2, -0.15) is 9.37 Å². The number of nitrogens with zero attached hydrogens (tertiary/aromatic N) is 5. The van der Waals surface area contributed by atoms with E-state index in [9.17, 15) is 9.18 Å². The third-order valence-corrected chi connectivity index (χ3v) is 5.58. The SMILES string of the molecule is O=C([C@H]1CCCN1)N(c1ccc(F)nc1)c1nc2c(c(Nc3ccccn3)n1)CCC2. The number of hydrogen-bond acceptors (Lipinski definition) is 7. The zero-order chi connectivity index (χ0) is 21.2. The van der Waals surface area contributed by atoms with E-state index in [2.05, 4.69) is 20.6 Å². The molecule has 3 aromatic rings. The van der Waals surface area contributed by atoms with Crippen LogP contribution in [0.15, 0.2) is 42.7 Å². The molecule has 0 aromatic carbocycles. The highest BCUT2D eigenvalue weighted by atomic mass is 19.1. The maximum Gasteiger partial charge on any atom is 0.251 e. The van der Waals surface area contributed by atoms with E-state index in [-0.39, 0.29) is 17.9 Å². The first-order valence-corrected chi connectivity index (χ1v) is 10.5. The number of pyridine rings is 2. The normalized spacial score (nSPS) is 17.4. The predicted molar refractivity (Wildman–Crippen MR) is 114 cm³/mol. The molecule has 158 valence electrons. The second kappa shape index (κ2) is 8.35. The molecule has 31 heavy (non-hydrogen) atoms. The number of nitrogens with one attached hydrogen (secondary N) is 2. The maximum absolute atomic E-state index is 13.5. The first-order chi connectivity index (χ1) is 15.2. The van der Waals surface area contributed by atoms with Gasteiger partial charge in [0, 0.05) is 11.8 Å². The lowest BCUT2D eigenvalue weighted by Crippen LogP contribution is -2.42. The summed E-state index contributed by atoms with van der Waals surface area (Å²) in [6.07, 6.45) is 7.34. The van der Waals surface area contributed by atoms with E-state index in [0.29, 0.717) is 17.3 Å². The number of hydrogen-bond donors (Lipinski definition) is 2. The second-order valence-corrected chi connectivity index (χ2v) is 7.65. The van der Waals surface area contributed by atoms with Crippen molar-refractivity contribution in [2.75, 3.05) is 16.8 Å². The Hall–Kier alpha value is -3.46. The second-order valence-electron chi connectivity index (χ2n) is 7.65. The Labute approximate surface area is 179 Å². The summed E-state index contributed by atoms with van der Waals surface area (Å²) >= 11 is 0.